The molecule has 1 saturated heterocycles. The fraction of sp³-hybridized carbons (Fsp3) is 0.353. The number of fused-ring (bicyclic) bond motifs is 1. The molecule has 154 valence electrons. The third kappa shape index (κ3) is 5.76. The standard InChI is InChI=1S/C16H17O3S.CHF3O3S/c1-18-16(17)19-13-8-7-12-5-4-6-15(14(12)11-13)20-9-2-3-10-20;2-1(3,4)8(5,6)7/h4-8,11H,2-3,9-10H2,1H3;(H,5,6,7)/q+1;/p-1. The molecule has 0 N–H and O–H groups in total. The van der Waals surface area contributed by atoms with E-state index in [1.54, 1.807) is 6.07 Å². The Morgan fingerprint density at radius 3 is 2.29 bits per heavy atom. The first-order valence-electron chi connectivity index (χ1n) is 8.01. The van der Waals surface area contributed by atoms with Crippen molar-refractivity contribution in [2.24, 2.45) is 0 Å². The van der Waals surface area contributed by atoms with E-state index in [-0.39, 0.29) is 0 Å². The monoisotopic (exact) mass is 438 g/mol. The van der Waals surface area contributed by atoms with Gasteiger partial charge >= 0.3 is 11.7 Å². The summed E-state index contributed by atoms with van der Waals surface area (Å²) in [5.41, 5.74) is -5.65. The van der Waals surface area contributed by atoms with Crippen molar-refractivity contribution in [2.45, 2.75) is 23.2 Å². The Balaban J connectivity index is 0.000000300. The summed E-state index contributed by atoms with van der Waals surface area (Å²) >= 11 is 0. The summed E-state index contributed by atoms with van der Waals surface area (Å²) in [6.07, 6.45) is 1.96. The highest BCUT2D eigenvalue weighted by Crippen LogP contribution is 2.32. The van der Waals surface area contributed by atoms with E-state index in [9.17, 15) is 18.0 Å². The highest BCUT2D eigenvalue weighted by atomic mass is 32.2. The Kier molecular flexibility index (Phi) is 7.18. The molecule has 0 bridgehead atoms. The SMILES string of the molecule is COC(=O)Oc1ccc2cccc([S+]3CCCC3)c2c1.O=S(=O)([O-])C(F)(F)F. The number of rotatable bonds is 2. The van der Waals surface area contributed by atoms with E-state index in [4.69, 9.17) is 17.7 Å². The molecule has 28 heavy (non-hydrogen) atoms. The fourth-order valence-corrected chi connectivity index (χ4v) is 5.06. The average Bonchev–Trinajstić information content (AvgIpc) is 3.14. The fourth-order valence-electron chi connectivity index (χ4n) is 2.55. The second kappa shape index (κ2) is 9.01. The second-order valence-corrected chi connectivity index (χ2v) is 9.32. The molecule has 3 rings (SSSR count). The number of hydrogen-bond acceptors (Lipinski definition) is 6. The summed E-state index contributed by atoms with van der Waals surface area (Å²) in [5, 5.41) is 2.39. The molecule has 0 unspecified atom stereocenters. The van der Waals surface area contributed by atoms with Gasteiger partial charge < -0.3 is 14.0 Å². The lowest BCUT2D eigenvalue weighted by atomic mass is 10.1. The van der Waals surface area contributed by atoms with Crippen LogP contribution in [-0.2, 0) is 25.7 Å². The average molecular weight is 438 g/mol. The van der Waals surface area contributed by atoms with Crippen LogP contribution < -0.4 is 4.74 Å². The van der Waals surface area contributed by atoms with Crippen molar-refractivity contribution >= 4 is 37.9 Å². The molecule has 11 heteroatoms. The minimum absolute atomic E-state index is 0.340. The molecule has 1 aliphatic heterocycles. The van der Waals surface area contributed by atoms with Crippen LogP contribution in [0.15, 0.2) is 41.3 Å². The summed E-state index contributed by atoms with van der Waals surface area (Å²) < 4.78 is 68.6. The first-order chi connectivity index (χ1) is 13.0. The summed E-state index contributed by atoms with van der Waals surface area (Å²) in [6.45, 7) is 0. The Morgan fingerprint density at radius 2 is 1.75 bits per heavy atom. The van der Waals surface area contributed by atoms with E-state index < -0.39 is 21.8 Å². The second-order valence-electron chi connectivity index (χ2n) is 5.70. The molecule has 2 aromatic carbocycles. The van der Waals surface area contributed by atoms with Gasteiger partial charge in [0.05, 0.1) is 7.11 Å². The molecule has 0 radical (unpaired) electrons. The third-order valence-corrected chi connectivity index (χ3v) is 6.92. The van der Waals surface area contributed by atoms with E-state index in [0.29, 0.717) is 16.6 Å². The first kappa shape index (κ1) is 22.3. The molecule has 2 aromatic rings. The van der Waals surface area contributed by atoms with Gasteiger partial charge in [-0.15, -0.1) is 0 Å². The lowest BCUT2D eigenvalue weighted by Crippen LogP contribution is -2.21. The van der Waals surface area contributed by atoms with Crippen LogP contribution in [-0.4, -0.2) is 43.2 Å². The van der Waals surface area contributed by atoms with E-state index >= 15 is 0 Å². The number of hydrogen-bond donors (Lipinski definition) is 0. The summed E-state index contributed by atoms with van der Waals surface area (Å²) in [4.78, 5) is 12.6. The van der Waals surface area contributed by atoms with Crippen LogP contribution in [0.3, 0.4) is 0 Å². The molecular formula is C17H17F3O6S2. The minimum Gasteiger partial charge on any atom is -0.741 e. The molecule has 1 heterocycles. The van der Waals surface area contributed by atoms with Crippen LogP contribution in [0.4, 0.5) is 18.0 Å². The normalized spacial score (nSPS) is 15.0. The molecule has 0 saturated carbocycles. The van der Waals surface area contributed by atoms with Crippen LogP contribution in [0.1, 0.15) is 12.8 Å². The lowest BCUT2D eigenvalue weighted by Gasteiger charge is -2.08. The van der Waals surface area contributed by atoms with Crippen molar-refractivity contribution < 1.29 is 40.4 Å². The largest absolute Gasteiger partial charge is 0.741 e. The highest BCUT2D eigenvalue weighted by molar-refractivity contribution is 7.97. The van der Waals surface area contributed by atoms with Gasteiger partial charge in [0, 0.05) is 16.3 Å². The number of alkyl halides is 3. The maximum absolute atomic E-state index is 11.2. The van der Waals surface area contributed by atoms with Crippen LogP contribution in [0, 0.1) is 0 Å². The van der Waals surface area contributed by atoms with Crippen LogP contribution in [0.2, 0.25) is 0 Å². The quantitative estimate of drug-likeness (QED) is 0.233. The number of benzene rings is 2. The number of methoxy groups -OCH3 is 1. The van der Waals surface area contributed by atoms with E-state index in [0.717, 1.165) is 0 Å². The molecule has 0 atom stereocenters. The van der Waals surface area contributed by atoms with E-state index in [2.05, 4.69) is 22.9 Å². The van der Waals surface area contributed by atoms with Gasteiger partial charge in [-0.3, -0.25) is 0 Å². The molecule has 0 spiro atoms. The summed E-state index contributed by atoms with van der Waals surface area (Å²) in [7, 11) is -4.44. The van der Waals surface area contributed by atoms with Crippen molar-refractivity contribution in [3.8, 4) is 5.75 Å². The summed E-state index contributed by atoms with van der Waals surface area (Å²) in [5.74, 6) is 3.10. The highest BCUT2D eigenvalue weighted by Gasteiger charge is 2.37. The number of carbonyl (C=O) groups is 1. The van der Waals surface area contributed by atoms with Gasteiger partial charge in [-0.25, -0.2) is 13.2 Å². The molecule has 1 aliphatic rings. The Morgan fingerprint density at radius 1 is 1.14 bits per heavy atom. The predicted octanol–water partition coefficient (Wildman–Crippen LogP) is 3.81. The van der Waals surface area contributed by atoms with Gasteiger partial charge in [-0.05, 0) is 36.4 Å². The van der Waals surface area contributed by atoms with Crippen molar-refractivity contribution in [1.29, 1.82) is 0 Å². The topological polar surface area (TPSA) is 92.7 Å². The number of ether oxygens (including phenoxy) is 2. The molecule has 0 aromatic heterocycles. The smallest absolute Gasteiger partial charge is 0.513 e. The van der Waals surface area contributed by atoms with E-state index in [1.165, 1.54) is 47.1 Å². The molecular weight excluding hydrogens is 421 g/mol. The number of halogens is 3. The van der Waals surface area contributed by atoms with Gasteiger partial charge in [0.2, 0.25) is 0 Å². The minimum atomic E-state index is -6.09. The predicted molar refractivity (Wildman–Crippen MR) is 97.3 cm³/mol. The van der Waals surface area contributed by atoms with Crippen LogP contribution in [0.25, 0.3) is 10.8 Å². The third-order valence-electron chi connectivity index (χ3n) is 3.81. The van der Waals surface area contributed by atoms with Crippen LogP contribution in [0.5, 0.6) is 5.75 Å². The van der Waals surface area contributed by atoms with Gasteiger partial charge in [-0.1, -0.05) is 18.2 Å². The van der Waals surface area contributed by atoms with E-state index in [1.807, 2.05) is 12.1 Å². The zero-order chi connectivity index (χ0) is 20.9. The van der Waals surface area contributed by atoms with Crippen molar-refractivity contribution in [1.82, 2.24) is 0 Å². The molecule has 0 amide bonds. The maximum atomic E-state index is 11.2. The first-order valence-corrected chi connectivity index (χ1v) is 11.0. The van der Waals surface area contributed by atoms with Crippen molar-refractivity contribution in [3.05, 3.63) is 36.4 Å². The Labute approximate surface area is 162 Å². The zero-order valence-corrected chi connectivity index (χ0v) is 16.3. The Hall–Kier alpha value is -1.98. The summed E-state index contributed by atoms with van der Waals surface area (Å²) in [6, 6.07) is 12.2. The maximum Gasteiger partial charge on any atom is 0.513 e. The molecule has 6 nitrogen and oxygen atoms in total. The lowest BCUT2D eigenvalue weighted by molar-refractivity contribution is -0.0517. The number of carbonyl (C=O) groups excluding carboxylic acids is 1. The van der Waals surface area contributed by atoms with Crippen LogP contribution >= 0.6 is 0 Å². The Bertz CT molecular complexity index is 938. The molecule has 0 aliphatic carbocycles. The molecule has 1 fully saturated rings. The van der Waals surface area contributed by atoms with Gasteiger partial charge in [0.1, 0.15) is 17.3 Å². The van der Waals surface area contributed by atoms with Gasteiger partial charge in [-0.2, -0.15) is 13.2 Å². The van der Waals surface area contributed by atoms with Crippen molar-refractivity contribution in [2.75, 3.05) is 18.6 Å². The van der Waals surface area contributed by atoms with Crippen molar-refractivity contribution in [3.63, 3.8) is 0 Å². The van der Waals surface area contributed by atoms with Gasteiger partial charge in [0.15, 0.2) is 15.0 Å². The zero-order valence-electron chi connectivity index (χ0n) is 14.7. The van der Waals surface area contributed by atoms with Gasteiger partial charge in [0.25, 0.3) is 0 Å².